The average Bonchev–Trinajstić information content (AvgIpc) is 2.91. The highest BCUT2D eigenvalue weighted by Gasteiger charge is 2.34. The zero-order valence-corrected chi connectivity index (χ0v) is 13.3. The SMILES string of the molecule is O=C(Nc1ccc(F)cn1)N[C@H]1CCN(c2ccccc2Cl)C1=O. The first-order chi connectivity index (χ1) is 11.5. The standard InChI is InChI=1S/C16H14ClFN4O2/c17-11-3-1-2-4-13(11)22-8-7-12(15(22)23)20-16(24)21-14-6-5-10(18)9-19-14/h1-6,9,12H,7-8H2,(H2,19,20,21,24)/t12-/m0/s1. The summed E-state index contributed by atoms with van der Waals surface area (Å²) in [5.74, 6) is -0.532. The first kappa shape index (κ1) is 16.2. The van der Waals surface area contributed by atoms with Crippen LogP contribution in [0.15, 0.2) is 42.6 Å². The predicted octanol–water partition coefficient (Wildman–Crippen LogP) is 2.80. The third kappa shape index (κ3) is 3.46. The van der Waals surface area contributed by atoms with Crippen LogP contribution >= 0.6 is 11.6 Å². The Labute approximate surface area is 142 Å². The molecule has 0 aliphatic carbocycles. The minimum Gasteiger partial charge on any atom is -0.326 e. The lowest BCUT2D eigenvalue weighted by atomic mass is 10.2. The van der Waals surface area contributed by atoms with E-state index in [-0.39, 0.29) is 11.7 Å². The minimum absolute atomic E-state index is 0.197. The van der Waals surface area contributed by atoms with E-state index < -0.39 is 17.9 Å². The molecule has 1 aromatic heterocycles. The summed E-state index contributed by atoms with van der Waals surface area (Å²) >= 11 is 6.11. The normalized spacial score (nSPS) is 17.0. The van der Waals surface area contributed by atoms with Crippen molar-refractivity contribution >= 4 is 35.0 Å². The van der Waals surface area contributed by atoms with Crippen molar-refractivity contribution in [3.8, 4) is 0 Å². The molecule has 8 heteroatoms. The van der Waals surface area contributed by atoms with E-state index >= 15 is 0 Å². The number of rotatable bonds is 3. The van der Waals surface area contributed by atoms with Crippen LogP contribution in [-0.4, -0.2) is 29.5 Å². The van der Waals surface area contributed by atoms with Crippen molar-refractivity contribution in [2.24, 2.45) is 0 Å². The quantitative estimate of drug-likeness (QED) is 0.895. The molecule has 0 saturated carbocycles. The third-order valence-electron chi connectivity index (χ3n) is 3.62. The fourth-order valence-electron chi connectivity index (χ4n) is 2.48. The summed E-state index contributed by atoms with van der Waals surface area (Å²) in [7, 11) is 0. The number of hydrogen-bond donors (Lipinski definition) is 2. The van der Waals surface area contributed by atoms with Gasteiger partial charge in [0.25, 0.3) is 0 Å². The van der Waals surface area contributed by atoms with Gasteiger partial charge in [-0.3, -0.25) is 10.1 Å². The van der Waals surface area contributed by atoms with Gasteiger partial charge in [-0.1, -0.05) is 23.7 Å². The number of hydrogen-bond acceptors (Lipinski definition) is 3. The van der Waals surface area contributed by atoms with Gasteiger partial charge in [0, 0.05) is 6.54 Å². The number of para-hydroxylation sites is 1. The molecule has 3 rings (SSSR count). The van der Waals surface area contributed by atoms with Gasteiger partial charge in [-0.25, -0.2) is 14.2 Å². The number of benzene rings is 1. The van der Waals surface area contributed by atoms with Crippen molar-refractivity contribution in [2.75, 3.05) is 16.8 Å². The number of carbonyl (C=O) groups excluding carboxylic acids is 2. The Bertz CT molecular complexity index is 769. The fourth-order valence-corrected chi connectivity index (χ4v) is 2.72. The number of nitrogens with one attached hydrogen (secondary N) is 2. The van der Waals surface area contributed by atoms with Gasteiger partial charge < -0.3 is 10.2 Å². The lowest BCUT2D eigenvalue weighted by molar-refractivity contribution is -0.118. The van der Waals surface area contributed by atoms with Crippen molar-refractivity contribution in [3.63, 3.8) is 0 Å². The summed E-state index contributed by atoms with van der Waals surface area (Å²) in [6.07, 6.45) is 1.46. The van der Waals surface area contributed by atoms with Crippen LogP contribution in [0.25, 0.3) is 0 Å². The maximum absolute atomic E-state index is 12.8. The number of pyridine rings is 1. The molecule has 1 aliphatic rings. The molecule has 0 unspecified atom stereocenters. The van der Waals surface area contributed by atoms with Crippen molar-refractivity contribution in [3.05, 3.63) is 53.4 Å². The summed E-state index contributed by atoms with van der Waals surface area (Å²) in [6, 6.07) is 8.33. The van der Waals surface area contributed by atoms with Crippen molar-refractivity contribution in [1.29, 1.82) is 0 Å². The van der Waals surface area contributed by atoms with E-state index in [4.69, 9.17) is 11.6 Å². The lowest BCUT2D eigenvalue weighted by Crippen LogP contribution is -2.43. The van der Waals surface area contributed by atoms with E-state index in [1.807, 2.05) is 0 Å². The van der Waals surface area contributed by atoms with Gasteiger partial charge in [-0.2, -0.15) is 0 Å². The number of anilines is 2. The zero-order valence-electron chi connectivity index (χ0n) is 12.5. The van der Waals surface area contributed by atoms with Crippen molar-refractivity contribution < 1.29 is 14.0 Å². The van der Waals surface area contributed by atoms with Crippen LogP contribution in [0.4, 0.5) is 20.7 Å². The molecule has 6 nitrogen and oxygen atoms in total. The zero-order chi connectivity index (χ0) is 17.1. The second-order valence-corrected chi connectivity index (χ2v) is 5.65. The molecule has 2 aromatic rings. The number of carbonyl (C=O) groups is 2. The van der Waals surface area contributed by atoms with Gasteiger partial charge in [0.15, 0.2) is 0 Å². The Morgan fingerprint density at radius 1 is 1.29 bits per heavy atom. The topological polar surface area (TPSA) is 74.3 Å². The van der Waals surface area contributed by atoms with Gasteiger partial charge in [0.2, 0.25) is 5.91 Å². The van der Waals surface area contributed by atoms with Crippen molar-refractivity contribution in [1.82, 2.24) is 10.3 Å². The van der Waals surface area contributed by atoms with Gasteiger partial charge >= 0.3 is 6.03 Å². The van der Waals surface area contributed by atoms with Gasteiger partial charge in [0.1, 0.15) is 17.7 Å². The molecule has 24 heavy (non-hydrogen) atoms. The highest BCUT2D eigenvalue weighted by atomic mass is 35.5. The average molecular weight is 349 g/mol. The Hall–Kier alpha value is -2.67. The summed E-state index contributed by atoms with van der Waals surface area (Å²) in [6.45, 7) is 0.461. The summed E-state index contributed by atoms with van der Waals surface area (Å²) in [5, 5.41) is 5.53. The van der Waals surface area contributed by atoms with E-state index in [2.05, 4.69) is 15.6 Å². The summed E-state index contributed by atoms with van der Waals surface area (Å²) in [4.78, 5) is 29.7. The maximum atomic E-state index is 12.8. The Morgan fingerprint density at radius 3 is 2.79 bits per heavy atom. The third-order valence-corrected chi connectivity index (χ3v) is 3.94. The second-order valence-electron chi connectivity index (χ2n) is 5.24. The number of nitrogens with zero attached hydrogens (tertiary/aromatic N) is 2. The molecule has 0 bridgehead atoms. The maximum Gasteiger partial charge on any atom is 0.321 e. The molecule has 124 valence electrons. The van der Waals surface area contributed by atoms with Crippen LogP contribution in [0, 0.1) is 5.82 Å². The monoisotopic (exact) mass is 348 g/mol. The molecule has 1 aliphatic heterocycles. The molecule has 2 heterocycles. The van der Waals surface area contributed by atoms with E-state index in [1.165, 1.54) is 12.1 Å². The van der Waals surface area contributed by atoms with E-state index in [1.54, 1.807) is 29.2 Å². The van der Waals surface area contributed by atoms with Crippen LogP contribution < -0.4 is 15.5 Å². The molecule has 3 amide bonds. The molecule has 0 spiro atoms. The largest absolute Gasteiger partial charge is 0.326 e. The van der Waals surface area contributed by atoms with Crippen LogP contribution in [0.3, 0.4) is 0 Å². The number of amides is 3. The molecule has 1 aromatic carbocycles. The molecule has 0 radical (unpaired) electrons. The van der Waals surface area contributed by atoms with E-state index in [9.17, 15) is 14.0 Å². The van der Waals surface area contributed by atoms with Crippen molar-refractivity contribution in [2.45, 2.75) is 12.5 Å². The Morgan fingerprint density at radius 2 is 2.08 bits per heavy atom. The van der Waals surface area contributed by atoms with Gasteiger partial charge in [-0.05, 0) is 30.7 Å². The summed E-state index contributed by atoms with van der Waals surface area (Å²) in [5.41, 5.74) is 0.620. The predicted molar refractivity (Wildman–Crippen MR) is 88.6 cm³/mol. The Balaban J connectivity index is 1.62. The number of aromatic nitrogens is 1. The van der Waals surface area contributed by atoms with E-state index in [0.29, 0.717) is 23.7 Å². The van der Waals surface area contributed by atoms with Crippen LogP contribution in [0.5, 0.6) is 0 Å². The highest BCUT2D eigenvalue weighted by Crippen LogP contribution is 2.28. The summed E-state index contributed by atoms with van der Waals surface area (Å²) < 4.78 is 12.8. The van der Waals surface area contributed by atoms with Gasteiger partial charge in [0.05, 0.1) is 16.9 Å². The Kier molecular flexibility index (Phi) is 4.61. The smallest absolute Gasteiger partial charge is 0.321 e. The second kappa shape index (κ2) is 6.84. The van der Waals surface area contributed by atoms with Crippen LogP contribution in [0.2, 0.25) is 5.02 Å². The number of halogens is 2. The molecular formula is C16H14ClFN4O2. The molecular weight excluding hydrogens is 335 g/mol. The molecule has 1 saturated heterocycles. The first-order valence-electron chi connectivity index (χ1n) is 7.29. The van der Waals surface area contributed by atoms with Crippen LogP contribution in [-0.2, 0) is 4.79 Å². The molecule has 2 N–H and O–H groups in total. The fraction of sp³-hybridized carbons (Fsp3) is 0.188. The highest BCUT2D eigenvalue weighted by molar-refractivity contribution is 6.34. The van der Waals surface area contributed by atoms with Crippen LogP contribution in [0.1, 0.15) is 6.42 Å². The minimum atomic E-state index is -0.651. The lowest BCUT2D eigenvalue weighted by Gasteiger charge is -2.18. The van der Waals surface area contributed by atoms with Gasteiger partial charge in [-0.15, -0.1) is 0 Å². The number of urea groups is 1. The first-order valence-corrected chi connectivity index (χ1v) is 7.67. The molecule has 1 atom stereocenters. The molecule has 1 fully saturated rings. The van der Waals surface area contributed by atoms with E-state index in [0.717, 1.165) is 6.20 Å².